The van der Waals surface area contributed by atoms with Gasteiger partial charge < -0.3 is 14.7 Å². The number of H-pyrrole nitrogens is 1. The van der Waals surface area contributed by atoms with Gasteiger partial charge in [0.05, 0.1) is 0 Å². The van der Waals surface area contributed by atoms with Crippen molar-refractivity contribution in [1.82, 2.24) is 9.55 Å². The fourth-order valence-electron chi connectivity index (χ4n) is 1.57. The lowest BCUT2D eigenvalue weighted by molar-refractivity contribution is 0.0695. The van der Waals surface area contributed by atoms with Crippen molar-refractivity contribution in [3.8, 4) is 11.1 Å². The van der Waals surface area contributed by atoms with Crippen LogP contribution in [-0.4, -0.2) is 20.6 Å². The molecule has 0 atom stereocenters. The van der Waals surface area contributed by atoms with Gasteiger partial charge in [-0.2, -0.15) is 0 Å². The lowest BCUT2D eigenvalue weighted by atomic mass is 10.0. The number of aromatic amines is 1. The van der Waals surface area contributed by atoms with Crippen LogP contribution in [0.15, 0.2) is 35.5 Å². The summed E-state index contributed by atoms with van der Waals surface area (Å²) in [5, 5.41) is 9.05. The Kier molecular flexibility index (Phi) is 2.36. The molecule has 0 spiro atoms. The molecule has 0 aliphatic heterocycles. The predicted octanol–water partition coefficient (Wildman–Crippen LogP) is 1.08. The summed E-state index contributed by atoms with van der Waals surface area (Å²) in [4.78, 5) is 25.6. The van der Waals surface area contributed by atoms with Crippen LogP contribution in [0.25, 0.3) is 11.1 Å². The zero-order valence-corrected chi connectivity index (χ0v) is 8.60. The Balaban J connectivity index is 2.77. The van der Waals surface area contributed by atoms with Gasteiger partial charge in [-0.3, -0.25) is 4.79 Å². The monoisotopic (exact) mass is 218 g/mol. The van der Waals surface area contributed by atoms with Crippen LogP contribution in [-0.2, 0) is 7.05 Å². The molecule has 2 rings (SSSR count). The van der Waals surface area contributed by atoms with Crippen molar-refractivity contribution in [3.63, 3.8) is 0 Å². The van der Waals surface area contributed by atoms with Gasteiger partial charge in [0.2, 0.25) is 0 Å². The van der Waals surface area contributed by atoms with Gasteiger partial charge in [-0.15, -0.1) is 0 Å². The molecule has 0 amide bonds. The smallest absolute Gasteiger partial charge is 0.341 e. The molecular weight excluding hydrogens is 208 g/mol. The summed E-state index contributed by atoms with van der Waals surface area (Å²) in [5.41, 5.74) is 0.405. The SMILES string of the molecule is Cn1ccc(-c2cc[nH]c2)c(C(=O)O)c1=O. The maximum atomic E-state index is 11.7. The third kappa shape index (κ3) is 1.52. The molecule has 2 heterocycles. The number of nitrogens with zero attached hydrogens (tertiary/aromatic N) is 1. The first-order chi connectivity index (χ1) is 7.61. The highest BCUT2D eigenvalue weighted by molar-refractivity contribution is 5.95. The standard InChI is InChI=1S/C11H10N2O3/c1-13-5-3-8(7-2-4-12-6-7)9(10(13)14)11(15)16/h2-6,12H,1H3,(H,15,16). The molecule has 0 fully saturated rings. The van der Waals surface area contributed by atoms with E-state index < -0.39 is 11.5 Å². The fourth-order valence-corrected chi connectivity index (χ4v) is 1.57. The lowest BCUT2D eigenvalue weighted by Crippen LogP contribution is -2.24. The number of pyridine rings is 1. The molecule has 0 aliphatic rings. The zero-order chi connectivity index (χ0) is 11.7. The minimum absolute atomic E-state index is 0.204. The molecule has 0 saturated carbocycles. The molecule has 5 nitrogen and oxygen atoms in total. The summed E-state index contributed by atoms with van der Waals surface area (Å²) >= 11 is 0. The maximum Gasteiger partial charge on any atom is 0.341 e. The highest BCUT2D eigenvalue weighted by atomic mass is 16.4. The number of aryl methyl sites for hydroxylation is 1. The highest BCUT2D eigenvalue weighted by Crippen LogP contribution is 2.20. The number of carboxylic acid groups (broad SMARTS) is 1. The Bertz CT molecular complexity index is 582. The molecule has 0 aromatic carbocycles. The summed E-state index contributed by atoms with van der Waals surface area (Å²) in [6.45, 7) is 0. The quantitative estimate of drug-likeness (QED) is 0.791. The van der Waals surface area contributed by atoms with Gasteiger partial charge in [0.15, 0.2) is 0 Å². The Hall–Kier alpha value is -2.30. The van der Waals surface area contributed by atoms with Crippen molar-refractivity contribution in [2.24, 2.45) is 7.05 Å². The summed E-state index contributed by atoms with van der Waals surface area (Å²) in [5.74, 6) is -1.21. The van der Waals surface area contributed by atoms with Gasteiger partial charge in [-0.1, -0.05) is 0 Å². The van der Waals surface area contributed by atoms with E-state index in [1.807, 2.05) is 0 Å². The van der Waals surface area contributed by atoms with Crippen LogP contribution in [0, 0.1) is 0 Å². The molecular formula is C11H10N2O3. The van der Waals surface area contributed by atoms with E-state index >= 15 is 0 Å². The van der Waals surface area contributed by atoms with Crippen LogP contribution in [0.5, 0.6) is 0 Å². The number of rotatable bonds is 2. The second-order valence-electron chi connectivity index (χ2n) is 3.43. The van der Waals surface area contributed by atoms with E-state index in [0.717, 1.165) is 0 Å². The molecule has 0 bridgehead atoms. The van der Waals surface area contributed by atoms with Crippen molar-refractivity contribution in [2.45, 2.75) is 0 Å². The number of aromatic carboxylic acids is 1. The third-order valence-corrected chi connectivity index (χ3v) is 2.39. The van der Waals surface area contributed by atoms with Crippen LogP contribution in [0.4, 0.5) is 0 Å². The van der Waals surface area contributed by atoms with Crippen LogP contribution in [0.3, 0.4) is 0 Å². The van der Waals surface area contributed by atoms with Crippen molar-refractivity contribution in [3.05, 3.63) is 46.6 Å². The van der Waals surface area contributed by atoms with Gasteiger partial charge in [0.1, 0.15) is 5.56 Å². The number of nitrogens with one attached hydrogen (secondary N) is 1. The summed E-state index contributed by atoms with van der Waals surface area (Å²) in [7, 11) is 1.52. The molecule has 0 saturated heterocycles. The number of hydrogen-bond donors (Lipinski definition) is 2. The zero-order valence-electron chi connectivity index (χ0n) is 8.60. The number of carboxylic acids is 1. The van der Waals surface area contributed by atoms with Gasteiger partial charge >= 0.3 is 5.97 Å². The van der Waals surface area contributed by atoms with Gasteiger partial charge in [0.25, 0.3) is 5.56 Å². The van der Waals surface area contributed by atoms with E-state index in [1.54, 1.807) is 30.7 Å². The average molecular weight is 218 g/mol. The Morgan fingerprint density at radius 2 is 2.19 bits per heavy atom. The van der Waals surface area contributed by atoms with Crippen LogP contribution in [0.2, 0.25) is 0 Å². The maximum absolute atomic E-state index is 11.7. The van der Waals surface area contributed by atoms with E-state index in [1.165, 1.54) is 11.6 Å². The van der Waals surface area contributed by atoms with Gasteiger partial charge in [-0.25, -0.2) is 4.79 Å². The Morgan fingerprint density at radius 3 is 2.75 bits per heavy atom. The second kappa shape index (κ2) is 3.69. The van der Waals surface area contributed by atoms with Crippen LogP contribution >= 0.6 is 0 Å². The largest absolute Gasteiger partial charge is 0.477 e. The lowest BCUT2D eigenvalue weighted by Gasteiger charge is -2.05. The molecule has 82 valence electrons. The van der Waals surface area contributed by atoms with E-state index in [4.69, 9.17) is 5.11 Å². The highest BCUT2D eigenvalue weighted by Gasteiger charge is 2.17. The molecule has 5 heteroatoms. The average Bonchev–Trinajstić information content (AvgIpc) is 2.74. The molecule has 2 N–H and O–H groups in total. The van der Waals surface area contributed by atoms with Crippen LogP contribution < -0.4 is 5.56 Å². The first-order valence-corrected chi connectivity index (χ1v) is 4.67. The summed E-state index contributed by atoms with van der Waals surface area (Å²) in [6.07, 6.45) is 4.89. The summed E-state index contributed by atoms with van der Waals surface area (Å²) in [6, 6.07) is 3.34. The topological polar surface area (TPSA) is 75.1 Å². The van der Waals surface area contributed by atoms with E-state index in [0.29, 0.717) is 11.1 Å². The van der Waals surface area contributed by atoms with E-state index in [9.17, 15) is 9.59 Å². The Labute approximate surface area is 91.0 Å². The van der Waals surface area contributed by atoms with Gasteiger partial charge in [0, 0.05) is 36.8 Å². The van der Waals surface area contributed by atoms with E-state index in [2.05, 4.69) is 4.98 Å². The normalized spacial score (nSPS) is 10.3. The number of aromatic nitrogens is 2. The van der Waals surface area contributed by atoms with E-state index in [-0.39, 0.29) is 5.56 Å². The molecule has 2 aromatic rings. The number of hydrogen-bond acceptors (Lipinski definition) is 2. The second-order valence-corrected chi connectivity index (χ2v) is 3.43. The molecule has 16 heavy (non-hydrogen) atoms. The van der Waals surface area contributed by atoms with Crippen molar-refractivity contribution in [1.29, 1.82) is 0 Å². The molecule has 2 aromatic heterocycles. The third-order valence-electron chi connectivity index (χ3n) is 2.39. The summed E-state index contributed by atoms with van der Waals surface area (Å²) < 4.78 is 1.25. The molecule has 0 radical (unpaired) electrons. The minimum atomic E-state index is -1.21. The van der Waals surface area contributed by atoms with Crippen molar-refractivity contribution < 1.29 is 9.90 Å². The first-order valence-electron chi connectivity index (χ1n) is 4.67. The van der Waals surface area contributed by atoms with Gasteiger partial charge in [-0.05, 0) is 12.1 Å². The Morgan fingerprint density at radius 1 is 1.44 bits per heavy atom. The van der Waals surface area contributed by atoms with Crippen molar-refractivity contribution >= 4 is 5.97 Å². The fraction of sp³-hybridized carbons (Fsp3) is 0.0909. The predicted molar refractivity (Wildman–Crippen MR) is 58.4 cm³/mol. The minimum Gasteiger partial charge on any atom is -0.477 e. The number of carbonyl (C=O) groups is 1. The molecule has 0 aliphatic carbocycles. The van der Waals surface area contributed by atoms with Crippen molar-refractivity contribution in [2.75, 3.05) is 0 Å². The van der Waals surface area contributed by atoms with Crippen LogP contribution in [0.1, 0.15) is 10.4 Å². The molecule has 0 unspecified atom stereocenters. The first kappa shape index (κ1) is 10.2.